The number of ether oxygens (including phenoxy) is 1. The van der Waals surface area contributed by atoms with Gasteiger partial charge in [0.1, 0.15) is 0 Å². The normalized spacial score (nSPS) is 10.8. The highest BCUT2D eigenvalue weighted by atomic mass is 16.7. The lowest BCUT2D eigenvalue weighted by molar-refractivity contribution is 0.144. The molecule has 0 spiro atoms. The number of hydrogen-bond donors (Lipinski definition) is 2. The van der Waals surface area contributed by atoms with Gasteiger partial charge in [0.2, 0.25) is 0 Å². The average molecular weight is 339 g/mol. The van der Waals surface area contributed by atoms with E-state index >= 15 is 0 Å². The SMILES string of the molecule is CCc1ccccc1CNc1cc(OC(=O)O)cn2c(C)c(C)nc12. The van der Waals surface area contributed by atoms with Crippen LogP contribution in [-0.4, -0.2) is 20.6 Å². The Labute approximate surface area is 146 Å². The molecule has 0 saturated carbocycles. The van der Waals surface area contributed by atoms with Gasteiger partial charge in [-0.25, -0.2) is 9.78 Å². The Morgan fingerprint density at radius 2 is 2.00 bits per heavy atom. The quantitative estimate of drug-likeness (QED) is 0.682. The summed E-state index contributed by atoms with van der Waals surface area (Å²) in [6.45, 7) is 6.62. The molecule has 3 rings (SSSR count). The number of rotatable bonds is 5. The summed E-state index contributed by atoms with van der Waals surface area (Å²) in [5.74, 6) is 0.256. The van der Waals surface area contributed by atoms with Gasteiger partial charge in [-0.3, -0.25) is 4.40 Å². The monoisotopic (exact) mass is 339 g/mol. The molecule has 1 aromatic carbocycles. The van der Waals surface area contributed by atoms with Crippen LogP contribution < -0.4 is 10.1 Å². The van der Waals surface area contributed by atoms with Crippen LogP contribution in [0.4, 0.5) is 10.5 Å². The molecule has 0 atom stereocenters. The van der Waals surface area contributed by atoms with Crippen LogP contribution in [-0.2, 0) is 13.0 Å². The molecule has 6 heteroatoms. The largest absolute Gasteiger partial charge is 0.511 e. The van der Waals surface area contributed by atoms with E-state index in [1.165, 1.54) is 11.1 Å². The molecular weight excluding hydrogens is 318 g/mol. The molecule has 0 amide bonds. The minimum absolute atomic E-state index is 0.256. The molecule has 2 aromatic heterocycles. The van der Waals surface area contributed by atoms with Gasteiger partial charge in [-0.15, -0.1) is 0 Å². The van der Waals surface area contributed by atoms with Crippen molar-refractivity contribution in [2.45, 2.75) is 33.7 Å². The Morgan fingerprint density at radius 3 is 2.68 bits per heavy atom. The fourth-order valence-corrected chi connectivity index (χ4v) is 2.90. The predicted octanol–water partition coefficient (Wildman–Crippen LogP) is 4.18. The summed E-state index contributed by atoms with van der Waals surface area (Å²) in [5, 5.41) is 12.3. The summed E-state index contributed by atoms with van der Waals surface area (Å²) in [4.78, 5) is 15.5. The van der Waals surface area contributed by atoms with E-state index in [-0.39, 0.29) is 5.75 Å². The molecule has 0 fully saturated rings. The summed E-state index contributed by atoms with van der Waals surface area (Å²) >= 11 is 0. The second-order valence-electron chi connectivity index (χ2n) is 5.91. The van der Waals surface area contributed by atoms with Crippen molar-refractivity contribution in [2.75, 3.05) is 5.32 Å². The first-order chi connectivity index (χ1) is 12.0. The maximum Gasteiger partial charge on any atom is 0.511 e. The van der Waals surface area contributed by atoms with E-state index in [1.807, 2.05) is 30.4 Å². The van der Waals surface area contributed by atoms with Crippen LogP contribution >= 0.6 is 0 Å². The zero-order valence-electron chi connectivity index (χ0n) is 14.5. The minimum Gasteiger partial charge on any atom is -0.449 e. The lowest BCUT2D eigenvalue weighted by Gasteiger charge is -2.12. The first-order valence-corrected chi connectivity index (χ1v) is 8.20. The maximum atomic E-state index is 10.9. The van der Waals surface area contributed by atoms with E-state index in [2.05, 4.69) is 29.4 Å². The number of pyridine rings is 1. The Balaban J connectivity index is 1.99. The number of anilines is 1. The van der Waals surface area contributed by atoms with Crippen molar-refractivity contribution < 1.29 is 14.6 Å². The van der Waals surface area contributed by atoms with Gasteiger partial charge in [-0.1, -0.05) is 31.2 Å². The molecule has 6 nitrogen and oxygen atoms in total. The molecule has 130 valence electrons. The highest BCUT2D eigenvalue weighted by Crippen LogP contribution is 2.26. The van der Waals surface area contributed by atoms with Crippen molar-refractivity contribution in [1.29, 1.82) is 0 Å². The smallest absolute Gasteiger partial charge is 0.449 e. The van der Waals surface area contributed by atoms with Crippen LogP contribution in [0.2, 0.25) is 0 Å². The molecule has 2 heterocycles. The third kappa shape index (κ3) is 3.42. The van der Waals surface area contributed by atoms with Crippen LogP contribution in [0, 0.1) is 13.8 Å². The predicted molar refractivity (Wildman–Crippen MR) is 96.5 cm³/mol. The van der Waals surface area contributed by atoms with Gasteiger partial charge >= 0.3 is 6.16 Å². The van der Waals surface area contributed by atoms with Gasteiger partial charge in [-0.2, -0.15) is 0 Å². The number of nitrogens with one attached hydrogen (secondary N) is 1. The van der Waals surface area contributed by atoms with Crippen LogP contribution in [0.15, 0.2) is 36.5 Å². The summed E-state index contributed by atoms with van der Waals surface area (Å²) < 4.78 is 6.70. The Bertz CT molecular complexity index is 931. The third-order valence-electron chi connectivity index (χ3n) is 4.34. The standard InChI is InChI=1S/C19H21N3O3/c1-4-14-7-5-6-8-15(14)10-20-17-9-16(25-19(23)24)11-22-13(3)12(2)21-18(17)22/h5-9,11,20H,4,10H2,1-3H3,(H,23,24). The van der Waals surface area contributed by atoms with Crippen LogP contribution in [0.3, 0.4) is 0 Å². The van der Waals surface area contributed by atoms with Crippen molar-refractivity contribution in [3.05, 3.63) is 59.0 Å². The molecule has 0 bridgehead atoms. The van der Waals surface area contributed by atoms with E-state index < -0.39 is 6.16 Å². The zero-order chi connectivity index (χ0) is 18.0. The number of aryl methyl sites for hydroxylation is 3. The van der Waals surface area contributed by atoms with Crippen molar-refractivity contribution in [3.8, 4) is 5.75 Å². The number of benzene rings is 1. The second-order valence-corrected chi connectivity index (χ2v) is 5.91. The van der Waals surface area contributed by atoms with Gasteiger partial charge in [0.15, 0.2) is 11.4 Å². The molecule has 0 aliphatic heterocycles. The Kier molecular flexibility index (Phi) is 4.61. The van der Waals surface area contributed by atoms with Crippen molar-refractivity contribution >= 4 is 17.5 Å². The molecule has 0 unspecified atom stereocenters. The van der Waals surface area contributed by atoms with E-state index in [4.69, 9.17) is 9.84 Å². The number of carboxylic acid groups (broad SMARTS) is 1. The summed E-state index contributed by atoms with van der Waals surface area (Å²) in [7, 11) is 0. The lowest BCUT2D eigenvalue weighted by Crippen LogP contribution is -2.07. The summed E-state index contributed by atoms with van der Waals surface area (Å²) in [6.07, 6.45) is 1.26. The number of carbonyl (C=O) groups is 1. The zero-order valence-corrected chi connectivity index (χ0v) is 14.5. The number of imidazole rings is 1. The topological polar surface area (TPSA) is 75.9 Å². The number of fused-ring (bicyclic) bond motifs is 1. The van der Waals surface area contributed by atoms with Crippen molar-refractivity contribution in [1.82, 2.24) is 9.38 Å². The number of nitrogens with zero attached hydrogens (tertiary/aromatic N) is 2. The highest BCUT2D eigenvalue weighted by molar-refractivity contribution is 5.72. The van der Waals surface area contributed by atoms with Crippen LogP contribution in [0.1, 0.15) is 29.4 Å². The molecule has 0 saturated heterocycles. The van der Waals surface area contributed by atoms with Gasteiger partial charge in [0.25, 0.3) is 0 Å². The van der Waals surface area contributed by atoms with Gasteiger partial charge < -0.3 is 15.2 Å². The lowest BCUT2D eigenvalue weighted by atomic mass is 10.1. The first kappa shape index (κ1) is 16.8. The van der Waals surface area contributed by atoms with Crippen molar-refractivity contribution in [3.63, 3.8) is 0 Å². The minimum atomic E-state index is -1.34. The molecule has 0 aliphatic carbocycles. The summed E-state index contributed by atoms with van der Waals surface area (Å²) in [6, 6.07) is 9.91. The fourth-order valence-electron chi connectivity index (χ4n) is 2.90. The third-order valence-corrected chi connectivity index (χ3v) is 4.34. The second kappa shape index (κ2) is 6.84. The van der Waals surface area contributed by atoms with Gasteiger partial charge in [0.05, 0.1) is 17.6 Å². The number of hydrogen-bond acceptors (Lipinski definition) is 4. The molecule has 3 aromatic rings. The van der Waals surface area contributed by atoms with E-state index in [0.29, 0.717) is 6.54 Å². The molecule has 2 N–H and O–H groups in total. The highest BCUT2D eigenvalue weighted by Gasteiger charge is 2.13. The maximum absolute atomic E-state index is 10.9. The fraction of sp³-hybridized carbons (Fsp3) is 0.263. The first-order valence-electron chi connectivity index (χ1n) is 8.20. The Morgan fingerprint density at radius 1 is 1.28 bits per heavy atom. The number of aromatic nitrogens is 2. The van der Waals surface area contributed by atoms with Gasteiger partial charge in [-0.05, 0) is 31.4 Å². The van der Waals surface area contributed by atoms with E-state index in [9.17, 15) is 4.79 Å². The summed E-state index contributed by atoms with van der Waals surface area (Å²) in [5.41, 5.74) is 5.81. The Hall–Kier alpha value is -3.02. The van der Waals surface area contributed by atoms with Crippen LogP contribution in [0.5, 0.6) is 5.75 Å². The van der Waals surface area contributed by atoms with Crippen molar-refractivity contribution in [2.24, 2.45) is 0 Å². The van der Waals surface area contributed by atoms with E-state index in [0.717, 1.165) is 29.1 Å². The molecule has 0 aliphatic rings. The van der Waals surface area contributed by atoms with Gasteiger partial charge in [0, 0.05) is 18.3 Å². The van der Waals surface area contributed by atoms with E-state index in [1.54, 1.807) is 12.3 Å². The van der Waals surface area contributed by atoms with Crippen LogP contribution in [0.25, 0.3) is 5.65 Å². The molecule has 0 radical (unpaired) electrons. The average Bonchev–Trinajstić information content (AvgIpc) is 2.87. The molecular formula is C19H21N3O3. The molecule has 25 heavy (non-hydrogen) atoms.